The molecular formula is C9H9F2NO4. The number of hydrogen-bond donors (Lipinski definition) is 2. The van der Waals surface area contributed by atoms with Gasteiger partial charge >= 0.3 is 5.97 Å². The molecule has 1 heterocycles. The maximum Gasteiger partial charge on any atom is 0.311 e. The first kappa shape index (κ1) is 12.2. The van der Waals surface area contributed by atoms with Gasteiger partial charge in [-0.2, -0.15) is 0 Å². The maximum absolute atomic E-state index is 12.3. The number of aromatic amines is 1. The molecule has 0 aliphatic rings. The summed E-state index contributed by atoms with van der Waals surface area (Å²) >= 11 is 0. The van der Waals surface area contributed by atoms with Gasteiger partial charge in [-0.15, -0.1) is 0 Å². The normalized spacial score (nSPS) is 10.5. The molecule has 0 unspecified atom stereocenters. The lowest BCUT2D eigenvalue weighted by molar-refractivity contribution is -0.139. The number of esters is 1. The van der Waals surface area contributed by atoms with Crippen LogP contribution in [0.15, 0.2) is 10.9 Å². The second-order valence-corrected chi connectivity index (χ2v) is 2.98. The van der Waals surface area contributed by atoms with Crippen LogP contribution in [0.2, 0.25) is 0 Å². The van der Waals surface area contributed by atoms with Crippen molar-refractivity contribution in [2.45, 2.75) is 12.8 Å². The number of ether oxygens (including phenoxy) is 1. The quantitative estimate of drug-likeness (QED) is 0.754. The Balaban J connectivity index is 3.10. The van der Waals surface area contributed by atoms with E-state index in [9.17, 15) is 23.5 Å². The molecule has 0 spiro atoms. The van der Waals surface area contributed by atoms with Gasteiger partial charge in [0, 0.05) is 11.8 Å². The smallest absolute Gasteiger partial charge is 0.311 e. The van der Waals surface area contributed by atoms with Crippen LogP contribution in [0.5, 0.6) is 5.75 Å². The summed E-state index contributed by atoms with van der Waals surface area (Å²) < 4.78 is 28.9. The molecule has 0 aliphatic heterocycles. The molecule has 0 saturated heterocycles. The molecule has 2 N–H and O–H groups in total. The minimum Gasteiger partial charge on any atom is -0.507 e. The van der Waals surface area contributed by atoms with E-state index in [1.165, 1.54) is 0 Å². The number of carbonyl (C=O) groups is 1. The van der Waals surface area contributed by atoms with E-state index in [1.54, 1.807) is 0 Å². The van der Waals surface area contributed by atoms with Crippen molar-refractivity contribution in [2.75, 3.05) is 7.11 Å². The van der Waals surface area contributed by atoms with E-state index in [-0.39, 0.29) is 12.1 Å². The third-order valence-corrected chi connectivity index (χ3v) is 1.89. The molecule has 7 heteroatoms. The second kappa shape index (κ2) is 4.73. The number of halogens is 2. The maximum atomic E-state index is 12.3. The fraction of sp³-hybridized carbons (Fsp3) is 0.333. The number of nitrogens with one attached hydrogen (secondary N) is 1. The molecule has 0 saturated carbocycles. The van der Waals surface area contributed by atoms with Crippen molar-refractivity contribution >= 4 is 5.97 Å². The summed E-state index contributed by atoms with van der Waals surface area (Å²) in [5, 5.41) is 9.18. The summed E-state index contributed by atoms with van der Waals surface area (Å²) in [4.78, 5) is 24.0. The molecule has 0 radical (unpaired) electrons. The van der Waals surface area contributed by atoms with Crippen LogP contribution in [0.25, 0.3) is 0 Å². The Hall–Kier alpha value is -1.92. The van der Waals surface area contributed by atoms with Gasteiger partial charge in [-0.25, -0.2) is 8.78 Å². The van der Waals surface area contributed by atoms with Crippen LogP contribution in [0, 0.1) is 0 Å². The monoisotopic (exact) mass is 233 g/mol. The molecule has 0 bridgehead atoms. The molecular weight excluding hydrogens is 224 g/mol. The van der Waals surface area contributed by atoms with Crippen molar-refractivity contribution in [3.63, 3.8) is 0 Å². The second-order valence-electron chi connectivity index (χ2n) is 2.98. The summed E-state index contributed by atoms with van der Waals surface area (Å²) in [5.41, 5.74) is -2.11. The van der Waals surface area contributed by atoms with Gasteiger partial charge in [0.1, 0.15) is 11.3 Å². The molecule has 1 rings (SSSR count). The molecule has 0 aliphatic carbocycles. The highest BCUT2D eigenvalue weighted by Gasteiger charge is 2.19. The first-order valence-corrected chi connectivity index (χ1v) is 4.25. The predicted molar refractivity (Wildman–Crippen MR) is 49.4 cm³/mol. The number of alkyl halides is 2. The van der Waals surface area contributed by atoms with E-state index in [0.717, 1.165) is 13.2 Å². The molecule has 0 amide bonds. The highest BCUT2D eigenvalue weighted by Crippen LogP contribution is 2.24. The van der Waals surface area contributed by atoms with Crippen LogP contribution in [-0.2, 0) is 16.0 Å². The van der Waals surface area contributed by atoms with Gasteiger partial charge in [-0.3, -0.25) is 9.59 Å². The Morgan fingerprint density at radius 2 is 2.25 bits per heavy atom. The van der Waals surface area contributed by atoms with Gasteiger partial charge in [0.2, 0.25) is 0 Å². The lowest BCUT2D eigenvalue weighted by Crippen LogP contribution is -2.17. The zero-order valence-corrected chi connectivity index (χ0v) is 8.29. The molecule has 16 heavy (non-hydrogen) atoms. The fourth-order valence-electron chi connectivity index (χ4n) is 1.14. The topological polar surface area (TPSA) is 79.4 Å². The summed E-state index contributed by atoms with van der Waals surface area (Å²) in [6.45, 7) is 0. The predicted octanol–water partition coefficient (Wildman–Crippen LogP) is 0.734. The summed E-state index contributed by atoms with van der Waals surface area (Å²) in [6.07, 6.45) is -3.38. The number of pyridine rings is 1. The molecule has 1 aromatic rings. The van der Waals surface area contributed by atoms with Crippen LogP contribution in [0.1, 0.15) is 17.7 Å². The average Bonchev–Trinajstić information content (AvgIpc) is 2.15. The zero-order valence-electron chi connectivity index (χ0n) is 8.29. The lowest BCUT2D eigenvalue weighted by Gasteiger charge is -2.05. The largest absolute Gasteiger partial charge is 0.507 e. The Bertz CT molecular complexity index is 455. The summed E-state index contributed by atoms with van der Waals surface area (Å²) in [6, 6.07) is 0.903. The molecule has 88 valence electrons. The molecule has 0 fully saturated rings. The van der Waals surface area contributed by atoms with Gasteiger partial charge in [0.05, 0.1) is 13.5 Å². The molecule has 0 atom stereocenters. The van der Waals surface area contributed by atoms with Gasteiger partial charge in [-0.1, -0.05) is 0 Å². The van der Waals surface area contributed by atoms with Crippen molar-refractivity contribution < 1.29 is 23.4 Å². The minimum absolute atomic E-state index is 0.0127. The SMILES string of the molecule is COC(=O)Cc1cc(O)c(C(F)F)c(=O)[nH]1. The van der Waals surface area contributed by atoms with Crippen molar-refractivity contribution in [3.05, 3.63) is 27.7 Å². The first-order valence-electron chi connectivity index (χ1n) is 4.25. The van der Waals surface area contributed by atoms with Gasteiger partial charge in [-0.05, 0) is 0 Å². The number of carbonyl (C=O) groups excluding carboxylic acids is 1. The van der Waals surface area contributed by atoms with Crippen LogP contribution in [0.4, 0.5) is 8.78 Å². The summed E-state index contributed by atoms with van der Waals surface area (Å²) in [5.74, 6) is -1.49. The average molecular weight is 233 g/mol. The van der Waals surface area contributed by atoms with Gasteiger partial charge < -0.3 is 14.8 Å². The standard InChI is InChI=1S/C9H9F2NO4/c1-16-6(14)3-4-2-5(13)7(8(10)11)9(15)12-4/h2,8H,3H2,1H3,(H2,12,13,15). The van der Waals surface area contributed by atoms with E-state index in [4.69, 9.17) is 0 Å². The number of rotatable bonds is 3. The Kier molecular flexibility index (Phi) is 3.60. The van der Waals surface area contributed by atoms with Crippen molar-refractivity contribution in [3.8, 4) is 5.75 Å². The van der Waals surface area contributed by atoms with Crippen molar-refractivity contribution in [2.24, 2.45) is 0 Å². The number of aromatic hydroxyl groups is 1. The Morgan fingerprint density at radius 3 is 2.69 bits per heavy atom. The highest BCUT2D eigenvalue weighted by molar-refractivity contribution is 5.71. The zero-order chi connectivity index (χ0) is 12.3. The number of methoxy groups -OCH3 is 1. The Labute approximate surface area is 88.7 Å². The Morgan fingerprint density at radius 1 is 1.62 bits per heavy atom. The lowest BCUT2D eigenvalue weighted by atomic mass is 10.2. The number of hydrogen-bond acceptors (Lipinski definition) is 4. The van der Waals surface area contributed by atoms with E-state index >= 15 is 0 Å². The van der Waals surface area contributed by atoms with Crippen LogP contribution in [-0.4, -0.2) is 23.2 Å². The van der Waals surface area contributed by atoms with Crippen molar-refractivity contribution in [1.29, 1.82) is 0 Å². The third-order valence-electron chi connectivity index (χ3n) is 1.89. The summed E-state index contributed by atoms with van der Waals surface area (Å²) in [7, 11) is 1.15. The first-order chi connectivity index (χ1) is 7.45. The van der Waals surface area contributed by atoms with E-state index in [2.05, 4.69) is 9.72 Å². The molecule has 1 aromatic heterocycles. The van der Waals surface area contributed by atoms with Gasteiger partial charge in [0.15, 0.2) is 0 Å². The number of aromatic nitrogens is 1. The van der Waals surface area contributed by atoms with E-state index in [1.807, 2.05) is 0 Å². The van der Waals surface area contributed by atoms with E-state index in [0.29, 0.717) is 0 Å². The van der Waals surface area contributed by atoms with Crippen LogP contribution < -0.4 is 5.56 Å². The minimum atomic E-state index is -3.07. The van der Waals surface area contributed by atoms with Crippen molar-refractivity contribution in [1.82, 2.24) is 4.98 Å². The molecule has 5 nitrogen and oxygen atoms in total. The van der Waals surface area contributed by atoms with E-state index < -0.39 is 29.3 Å². The van der Waals surface area contributed by atoms with Gasteiger partial charge in [0.25, 0.3) is 12.0 Å². The van der Waals surface area contributed by atoms with Crippen LogP contribution >= 0.6 is 0 Å². The number of H-pyrrole nitrogens is 1. The third kappa shape index (κ3) is 2.56. The van der Waals surface area contributed by atoms with Crippen LogP contribution in [0.3, 0.4) is 0 Å². The highest BCUT2D eigenvalue weighted by atomic mass is 19.3. The fourth-order valence-corrected chi connectivity index (χ4v) is 1.14. The molecule has 0 aromatic carbocycles.